The van der Waals surface area contributed by atoms with Crippen molar-refractivity contribution < 1.29 is 14.4 Å². The number of methoxy groups -OCH3 is 1. The Morgan fingerprint density at radius 2 is 2.03 bits per heavy atom. The molecule has 1 amide bonds. The van der Waals surface area contributed by atoms with E-state index in [9.17, 15) is 4.79 Å². The third-order valence-corrected chi connectivity index (χ3v) is 7.59. The number of hydrogen-bond donors (Lipinski definition) is 2. The van der Waals surface area contributed by atoms with Gasteiger partial charge in [-0.1, -0.05) is 38.3 Å². The Morgan fingerprint density at radius 1 is 1.22 bits per heavy atom. The lowest BCUT2D eigenvalue weighted by molar-refractivity contribution is 0.121. The van der Waals surface area contributed by atoms with Gasteiger partial charge in [-0.2, -0.15) is 0 Å². The molecule has 2 aliphatic rings. The zero-order valence-corrected chi connectivity index (χ0v) is 21.7. The van der Waals surface area contributed by atoms with Crippen molar-refractivity contribution in [3.63, 3.8) is 0 Å². The predicted octanol–water partition coefficient (Wildman–Crippen LogP) is 5.36. The second-order valence-electron chi connectivity index (χ2n) is 10.0. The number of fused-ring (bicyclic) bond motifs is 1. The van der Waals surface area contributed by atoms with Gasteiger partial charge >= 0.3 is 6.09 Å². The molecule has 3 aromatic rings. The number of hydroxylamine groups is 1. The van der Waals surface area contributed by atoms with Gasteiger partial charge in [0.05, 0.1) is 34.1 Å². The fourth-order valence-corrected chi connectivity index (χ4v) is 5.52. The lowest BCUT2D eigenvalue weighted by Gasteiger charge is -2.28. The predicted molar refractivity (Wildman–Crippen MR) is 137 cm³/mol. The molecule has 9 nitrogen and oxygen atoms in total. The number of nitrogens with zero attached hydrogens (tertiary/aromatic N) is 4. The Morgan fingerprint density at radius 3 is 2.69 bits per heavy atom. The summed E-state index contributed by atoms with van der Waals surface area (Å²) in [6.07, 6.45) is 8.06. The van der Waals surface area contributed by atoms with Gasteiger partial charge in [-0.25, -0.2) is 14.8 Å². The number of rotatable bonds is 8. The number of hydrogen-bond acceptors (Lipinski definition) is 7. The second-order valence-corrected chi connectivity index (χ2v) is 10.4. The third kappa shape index (κ3) is 5.05. The number of amides is 1. The summed E-state index contributed by atoms with van der Waals surface area (Å²) in [6, 6.07) is 3.79. The minimum atomic E-state index is -0.581. The molecule has 1 aliphatic heterocycles. The van der Waals surface area contributed by atoms with Crippen molar-refractivity contribution in [2.75, 3.05) is 13.7 Å². The molecule has 0 bridgehead atoms. The fourth-order valence-electron chi connectivity index (χ4n) is 5.35. The van der Waals surface area contributed by atoms with E-state index in [0.717, 1.165) is 47.0 Å². The van der Waals surface area contributed by atoms with Crippen molar-refractivity contribution in [1.82, 2.24) is 30.3 Å². The van der Waals surface area contributed by atoms with E-state index in [2.05, 4.69) is 34.2 Å². The molecule has 2 fully saturated rings. The summed E-state index contributed by atoms with van der Waals surface area (Å²) >= 11 is 6.34. The Bertz CT molecular complexity index is 1240. The zero-order valence-electron chi connectivity index (χ0n) is 21.0. The van der Waals surface area contributed by atoms with E-state index in [-0.39, 0.29) is 5.92 Å². The fraction of sp³-hybridized carbons (Fsp3) is 0.538. The molecule has 1 saturated carbocycles. The average molecular weight is 513 g/mol. The van der Waals surface area contributed by atoms with Crippen LogP contribution in [0.25, 0.3) is 22.3 Å². The quantitative estimate of drug-likeness (QED) is 0.419. The minimum Gasteiger partial charge on any atom is -0.384 e. The maximum atomic E-state index is 11.7. The maximum absolute atomic E-state index is 11.7. The largest absolute Gasteiger partial charge is 0.427 e. The molecule has 5 rings (SSSR count). The van der Waals surface area contributed by atoms with Crippen LogP contribution in [0.4, 0.5) is 4.79 Å². The molecule has 4 heterocycles. The van der Waals surface area contributed by atoms with Gasteiger partial charge in [0.1, 0.15) is 5.82 Å². The van der Waals surface area contributed by atoms with Crippen molar-refractivity contribution in [1.29, 1.82) is 0 Å². The molecule has 3 aromatic heterocycles. The highest BCUT2D eigenvalue weighted by molar-refractivity contribution is 6.30. The monoisotopic (exact) mass is 512 g/mol. The van der Waals surface area contributed by atoms with Crippen LogP contribution in [0.15, 0.2) is 24.5 Å². The summed E-state index contributed by atoms with van der Waals surface area (Å²) in [4.78, 5) is 31.1. The minimum absolute atomic E-state index is 0.145. The van der Waals surface area contributed by atoms with Gasteiger partial charge in [0.25, 0.3) is 0 Å². The number of carbonyl (C=O) groups is 1. The zero-order chi connectivity index (χ0) is 25.2. The average Bonchev–Trinajstić information content (AvgIpc) is 3.47. The summed E-state index contributed by atoms with van der Waals surface area (Å²) in [5.74, 6) is 2.51. The number of carbonyl (C=O) groups excluding carboxylic acids is 1. The van der Waals surface area contributed by atoms with Crippen LogP contribution in [0, 0.1) is 11.8 Å². The number of imidazole rings is 1. The Hall–Kier alpha value is -2.75. The number of aromatic nitrogens is 4. The summed E-state index contributed by atoms with van der Waals surface area (Å²) in [5.41, 5.74) is 6.60. The number of ether oxygens (including phenoxy) is 1. The lowest BCUT2D eigenvalue weighted by atomic mass is 9.83. The van der Waals surface area contributed by atoms with E-state index in [1.165, 1.54) is 25.7 Å². The van der Waals surface area contributed by atoms with Gasteiger partial charge in [0, 0.05) is 37.5 Å². The molecule has 1 saturated heterocycles. The molecule has 36 heavy (non-hydrogen) atoms. The van der Waals surface area contributed by atoms with Crippen molar-refractivity contribution in [3.8, 4) is 11.3 Å². The Kier molecular flexibility index (Phi) is 7.41. The SMILES string of the molecule is CCC(COC)c1nc2cc(C3NOC(=O)N3)nc(-c3cncc(Cl)c3)c2n1CC1CCC(C)CC1. The van der Waals surface area contributed by atoms with Gasteiger partial charge in [0.15, 0.2) is 6.17 Å². The number of nitrogens with one attached hydrogen (secondary N) is 2. The molecule has 0 radical (unpaired) electrons. The molecular weight excluding hydrogens is 480 g/mol. The number of halogens is 1. The van der Waals surface area contributed by atoms with E-state index in [1.807, 2.05) is 12.1 Å². The molecule has 192 valence electrons. The first-order valence-corrected chi connectivity index (χ1v) is 13.1. The van der Waals surface area contributed by atoms with Gasteiger partial charge in [-0.05, 0) is 43.2 Å². The van der Waals surface area contributed by atoms with Crippen LogP contribution in [0.2, 0.25) is 5.02 Å². The highest BCUT2D eigenvalue weighted by atomic mass is 35.5. The van der Waals surface area contributed by atoms with Crippen LogP contribution < -0.4 is 10.8 Å². The van der Waals surface area contributed by atoms with Gasteiger partial charge in [-0.3, -0.25) is 10.3 Å². The van der Waals surface area contributed by atoms with E-state index in [1.54, 1.807) is 19.5 Å². The molecule has 2 unspecified atom stereocenters. The first-order chi connectivity index (χ1) is 17.5. The third-order valence-electron chi connectivity index (χ3n) is 7.38. The number of pyridine rings is 2. The molecule has 0 aromatic carbocycles. The summed E-state index contributed by atoms with van der Waals surface area (Å²) in [6.45, 7) is 5.97. The maximum Gasteiger partial charge on any atom is 0.427 e. The van der Waals surface area contributed by atoms with E-state index < -0.39 is 12.3 Å². The molecule has 0 spiro atoms. The Labute approximate surface area is 215 Å². The Balaban J connectivity index is 1.70. The highest BCUT2D eigenvalue weighted by Gasteiger charge is 2.30. The van der Waals surface area contributed by atoms with Crippen LogP contribution >= 0.6 is 11.6 Å². The first-order valence-electron chi connectivity index (χ1n) is 12.7. The van der Waals surface area contributed by atoms with Crippen molar-refractivity contribution in [2.24, 2.45) is 11.8 Å². The molecule has 2 N–H and O–H groups in total. The summed E-state index contributed by atoms with van der Waals surface area (Å²) in [5, 5.41) is 3.27. The van der Waals surface area contributed by atoms with Crippen LogP contribution in [0.5, 0.6) is 0 Å². The molecular formula is C26H33ClN6O3. The smallest absolute Gasteiger partial charge is 0.384 e. The topological polar surface area (TPSA) is 103 Å². The van der Waals surface area contributed by atoms with Crippen LogP contribution in [-0.2, 0) is 16.1 Å². The molecule has 2 atom stereocenters. The summed E-state index contributed by atoms with van der Waals surface area (Å²) in [7, 11) is 1.73. The first kappa shape index (κ1) is 24.9. The van der Waals surface area contributed by atoms with E-state index in [4.69, 9.17) is 31.1 Å². The van der Waals surface area contributed by atoms with Crippen molar-refractivity contribution in [3.05, 3.63) is 41.1 Å². The van der Waals surface area contributed by atoms with Crippen LogP contribution in [-0.4, -0.2) is 39.3 Å². The van der Waals surface area contributed by atoms with Crippen LogP contribution in [0.3, 0.4) is 0 Å². The van der Waals surface area contributed by atoms with Gasteiger partial charge in [-0.15, -0.1) is 5.48 Å². The molecule has 10 heteroatoms. The van der Waals surface area contributed by atoms with Crippen molar-refractivity contribution in [2.45, 2.75) is 64.6 Å². The van der Waals surface area contributed by atoms with E-state index >= 15 is 0 Å². The standard InChI is InChI=1S/C26H33ClN6O3/c1-4-17(14-35-3)25-30-20-10-21(24-31-26(34)36-32-24)29-22(18-9-19(27)12-28-11-18)23(20)33(25)13-16-7-5-15(2)6-8-16/h9-12,15-17,24,32H,4-8,13-14H2,1-3H3,(H,31,34). The van der Waals surface area contributed by atoms with Gasteiger partial charge < -0.3 is 14.1 Å². The second kappa shape index (κ2) is 10.7. The van der Waals surface area contributed by atoms with Crippen molar-refractivity contribution >= 4 is 28.7 Å². The lowest BCUT2D eigenvalue weighted by Crippen LogP contribution is -2.23. The molecule has 1 aliphatic carbocycles. The summed E-state index contributed by atoms with van der Waals surface area (Å²) < 4.78 is 7.94. The van der Waals surface area contributed by atoms with Crippen LogP contribution in [0.1, 0.15) is 69.6 Å². The highest BCUT2D eigenvalue weighted by Crippen LogP contribution is 2.36. The normalized spacial score (nSPS) is 23.0. The van der Waals surface area contributed by atoms with E-state index in [0.29, 0.717) is 23.2 Å². The van der Waals surface area contributed by atoms with Gasteiger partial charge in [0.2, 0.25) is 0 Å².